The minimum Gasteiger partial charge on any atom is -0.478 e. The van der Waals surface area contributed by atoms with Gasteiger partial charge in [0.2, 0.25) is 0 Å². The van der Waals surface area contributed by atoms with Crippen molar-refractivity contribution in [3.8, 4) is 0 Å². The second kappa shape index (κ2) is 9.54. The highest BCUT2D eigenvalue weighted by Crippen LogP contribution is 2.39. The van der Waals surface area contributed by atoms with E-state index < -0.39 is 5.97 Å². The van der Waals surface area contributed by atoms with Crippen LogP contribution >= 0.6 is 33.2 Å². The third kappa shape index (κ3) is 5.93. The van der Waals surface area contributed by atoms with Crippen LogP contribution in [0.15, 0.2) is 53.1 Å². The maximum Gasteiger partial charge on any atom is 0.328 e. The first-order chi connectivity index (χ1) is 13.0. The molecule has 1 aliphatic heterocycles. The molecule has 1 unspecified atom stereocenters. The summed E-state index contributed by atoms with van der Waals surface area (Å²) in [6.45, 7) is 1.71. The molecule has 2 heterocycles. The summed E-state index contributed by atoms with van der Waals surface area (Å²) in [4.78, 5) is 13.3. The number of nitrogens with zero attached hydrogens (tertiary/aromatic N) is 3. The zero-order valence-electron chi connectivity index (χ0n) is 14.2. The number of carbonyl (C=O) groups is 1. The van der Waals surface area contributed by atoms with Crippen molar-refractivity contribution in [3.05, 3.63) is 64.6 Å². The van der Waals surface area contributed by atoms with Gasteiger partial charge in [-0.15, -0.1) is 10.2 Å². The van der Waals surface area contributed by atoms with Crippen LogP contribution in [-0.2, 0) is 11.3 Å². The van der Waals surface area contributed by atoms with Crippen LogP contribution in [0, 0.1) is 5.82 Å². The molecule has 5 nitrogen and oxygen atoms in total. The molecule has 1 fully saturated rings. The number of benzene rings is 1. The number of halogens is 2. The molecule has 0 amide bonds. The molecule has 1 aromatic carbocycles. The summed E-state index contributed by atoms with van der Waals surface area (Å²) in [5.74, 6) is -1.21. The van der Waals surface area contributed by atoms with Crippen molar-refractivity contribution in [2.75, 3.05) is 13.1 Å². The number of rotatable bonds is 6. The second-order valence-electron chi connectivity index (χ2n) is 6.01. The molecular formula is C18H17ClFN3O2S2. The molecular weight excluding hydrogens is 409 g/mol. The molecule has 142 valence electrons. The number of hydrogen-bond acceptors (Lipinski definition) is 6. The molecule has 9 heteroatoms. The smallest absolute Gasteiger partial charge is 0.328 e. The summed E-state index contributed by atoms with van der Waals surface area (Å²) in [7, 11) is 3.00. The lowest BCUT2D eigenvalue weighted by Gasteiger charge is -2.33. The van der Waals surface area contributed by atoms with Crippen LogP contribution in [0.2, 0.25) is 5.15 Å². The zero-order chi connectivity index (χ0) is 19.2. The minimum atomic E-state index is -0.973. The number of hydrogen-bond donors (Lipinski definition) is 1. The predicted octanol–water partition coefficient (Wildman–Crippen LogP) is 4.29. The molecule has 1 N–H and O–H groups in total. The molecule has 27 heavy (non-hydrogen) atoms. The monoisotopic (exact) mass is 425 g/mol. The number of carboxylic acid groups (broad SMARTS) is 1. The van der Waals surface area contributed by atoms with Crippen LogP contribution < -0.4 is 0 Å². The van der Waals surface area contributed by atoms with Crippen LogP contribution in [0.25, 0.3) is 0 Å². The Labute approximate surface area is 169 Å². The summed E-state index contributed by atoms with van der Waals surface area (Å²) in [5.41, 5.74) is 1.42. The van der Waals surface area contributed by atoms with E-state index in [9.17, 15) is 14.3 Å². The van der Waals surface area contributed by atoms with Crippen molar-refractivity contribution in [1.29, 1.82) is 0 Å². The molecule has 1 aromatic heterocycles. The predicted molar refractivity (Wildman–Crippen MR) is 106 cm³/mol. The fourth-order valence-electron chi connectivity index (χ4n) is 2.79. The van der Waals surface area contributed by atoms with Crippen molar-refractivity contribution in [2.45, 2.75) is 23.2 Å². The van der Waals surface area contributed by atoms with Crippen LogP contribution in [0.4, 0.5) is 4.39 Å². The molecule has 2 aromatic rings. The van der Waals surface area contributed by atoms with Gasteiger partial charge in [-0.05, 0) is 41.0 Å². The highest BCUT2D eigenvalue weighted by molar-refractivity contribution is 8.77. The molecule has 0 radical (unpaired) electrons. The van der Waals surface area contributed by atoms with Gasteiger partial charge in [0.05, 0.1) is 0 Å². The Bertz CT molecular complexity index is 836. The summed E-state index contributed by atoms with van der Waals surface area (Å²) < 4.78 is 13.9. The Morgan fingerprint density at radius 2 is 2.15 bits per heavy atom. The standard InChI is InChI=1S/C18H17ClFN3O2S2/c19-16-5-6-17(22-21-16)27-26-15-7-8-23(11-13(15)9-18(24)25)10-12-3-1-2-4-14(12)20/h1-6,9,15H,7-8,10-11H2,(H,24,25). The number of aliphatic carboxylic acids is 1. The lowest BCUT2D eigenvalue weighted by Crippen LogP contribution is -2.36. The first-order valence-corrected chi connectivity index (χ1v) is 10.8. The highest BCUT2D eigenvalue weighted by Gasteiger charge is 2.26. The van der Waals surface area contributed by atoms with E-state index in [1.165, 1.54) is 22.9 Å². The van der Waals surface area contributed by atoms with E-state index in [1.54, 1.807) is 41.1 Å². The normalized spacial score (nSPS) is 19.3. The third-order valence-electron chi connectivity index (χ3n) is 4.05. The lowest BCUT2D eigenvalue weighted by molar-refractivity contribution is -0.131. The average Bonchev–Trinajstić information content (AvgIpc) is 2.64. The van der Waals surface area contributed by atoms with Crippen molar-refractivity contribution in [2.24, 2.45) is 0 Å². The quantitative estimate of drug-likeness (QED) is 0.546. The van der Waals surface area contributed by atoms with Crippen molar-refractivity contribution >= 4 is 39.2 Å². The molecule has 1 aliphatic rings. The van der Waals surface area contributed by atoms with E-state index in [1.807, 2.05) is 0 Å². The van der Waals surface area contributed by atoms with E-state index in [-0.39, 0.29) is 11.1 Å². The first-order valence-electron chi connectivity index (χ1n) is 8.23. The van der Waals surface area contributed by atoms with Gasteiger partial charge >= 0.3 is 5.97 Å². The van der Waals surface area contributed by atoms with Gasteiger partial charge in [0, 0.05) is 36.5 Å². The van der Waals surface area contributed by atoms with E-state index >= 15 is 0 Å². The van der Waals surface area contributed by atoms with Gasteiger partial charge in [-0.1, -0.05) is 40.6 Å². The van der Waals surface area contributed by atoms with E-state index in [0.29, 0.717) is 28.8 Å². The van der Waals surface area contributed by atoms with Crippen molar-refractivity contribution in [3.63, 3.8) is 0 Å². The van der Waals surface area contributed by atoms with Gasteiger partial charge in [0.25, 0.3) is 0 Å². The van der Waals surface area contributed by atoms with Gasteiger partial charge in [0.15, 0.2) is 5.15 Å². The van der Waals surface area contributed by atoms with Crippen LogP contribution in [0.3, 0.4) is 0 Å². The Hall–Kier alpha value is -1.61. The molecule has 0 spiro atoms. The van der Waals surface area contributed by atoms with Crippen LogP contribution in [0.5, 0.6) is 0 Å². The van der Waals surface area contributed by atoms with Crippen molar-refractivity contribution < 1.29 is 14.3 Å². The topological polar surface area (TPSA) is 66.3 Å². The van der Waals surface area contributed by atoms with Crippen molar-refractivity contribution in [1.82, 2.24) is 15.1 Å². The van der Waals surface area contributed by atoms with Gasteiger partial charge < -0.3 is 5.11 Å². The lowest BCUT2D eigenvalue weighted by atomic mass is 10.0. The average molecular weight is 426 g/mol. The van der Waals surface area contributed by atoms with Gasteiger partial charge in [-0.25, -0.2) is 9.18 Å². The summed E-state index contributed by atoms with van der Waals surface area (Å²) in [6, 6.07) is 10.1. The Morgan fingerprint density at radius 1 is 1.33 bits per heavy atom. The molecule has 3 rings (SSSR count). The Balaban J connectivity index is 1.65. The fraction of sp³-hybridized carbons (Fsp3) is 0.278. The third-order valence-corrected chi connectivity index (χ3v) is 7.00. The van der Waals surface area contributed by atoms with Gasteiger partial charge in [0.1, 0.15) is 10.8 Å². The van der Waals surface area contributed by atoms with E-state index in [2.05, 4.69) is 15.1 Å². The zero-order valence-corrected chi connectivity index (χ0v) is 16.6. The summed E-state index contributed by atoms with van der Waals surface area (Å²) in [5, 5.41) is 18.1. The van der Waals surface area contributed by atoms with E-state index in [4.69, 9.17) is 11.6 Å². The largest absolute Gasteiger partial charge is 0.478 e. The van der Waals surface area contributed by atoms with Gasteiger partial charge in [-0.3, -0.25) is 4.90 Å². The van der Waals surface area contributed by atoms with Crippen LogP contribution in [-0.4, -0.2) is 44.5 Å². The molecule has 0 bridgehead atoms. The summed E-state index contributed by atoms with van der Waals surface area (Å²) >= 11 is 5.74. The second-order valence-corrected chi connectivity index (χ2v) is 8.82. The first kappa shape index (κ1) is 20.1. The number of carboxylic acids is 1. The number of piperidine rings is 1. The molecule has 0 saturated carbocycles. The summed E-state index contributed by atoms with van der Waals surface area (Å²) in [6.07, 6.45) is 2.03. The minimum absolute atomic E-state index is 0.0421. The number of aromatic nitrogens is 2. The molecule has 1 atom stereocenters. The SMILES string of the molecule is O=C(O)C=C1CN(Cc2ccccc2F)CCC1SSc1ccc(Cl)nn1. The molecule has 0 aliphatic carbocycles. The Morgan fingerprint density at radius 3 is 2.85 bits per heavy atom. The fourth-order valence-corrected chi connectivity index (χ4v) is 5.34. The van der Waals surface area contributed by atoms with E-state index in [0.717, 1.165) is 18.5 Å². The number of likely N-dealkylation sites (tertiary alicyclic amines) is 1. The molecule has 1 saturated heterocycles. The van der Waals surface area contributed by atoms with Crippen LogP contribution in [0.1, 0.15) is 12.0 Å². The Kier molecular flexibility index (Phi) is 7.12. The highest BCUT2D eigenvalue weighted by atomic mass is 35.5. The maximum absolute atomic E-state index is 13.9. The maximum atomic E-state index is 13.9. The van der Waals surface area contributed by atoms with Gasteiger partial charge in [-0.2, -0.15) is 0 Å².